The fraction of sp³-hybridized carbons (Fsp3) is 0.667. The van der Waals surface area contributed by atoms with Gasteiger partial charge in [0.15, 0.2) is 0 Å². The number of carbonyl (C=O) groups excluding carboxylic acids is 2. The van der Waals surface area contributed by atoms with Gasteiger partial charge in [-0.25, -0.2) is 0 Å². The molecule has 0 bridgehead atoms. The number of pyridine rings is 1. The molecule has 2 aliphatic rings. The lowest BCUT2D eigenvalue weighted by Gasteiger charge is -2.28. The quantitative estimate of drug-likeness (QED) is 0.457. The Bertz CT molecular complexity index is 782. The molecular weight excluding hydrogens is 426 g/mol. The lowest BCUT2D eigenvalue weighted by molar-refractivity contribution is -0.138. The van der Waals surface area contributed by atoms with Crippen LogP contribution in [0.25, 0.3) is 0 Å². The average Bonchev–Trinajstić information content (AvgIpc) is 3.12. The van der Waals surface area contributed by atoms with E-state index in [1.807, 2.05) is 12.1 Å². The molecule has 1 aliphatic heterocycles. The molecular formula is C24H35N3O6. The summed E-state index contributed by atoms with van der Waals surface area (Å²) in [7, 11) is 1.73. The van der Waals surface area contributed by atoms with Crippen molar-refractivity contribution in [2.45, 2.75) is 44.6 Å². The van der Waals surface area contributed by atoms with Gasteiger partial charge in [0.25, 0.3) is 0 Å². The fourth-order valence-electron chi connectivity index (χ4n) is 4.71. The number of carbonyl (C=O) groups is 3. The molecule has 0 spiro atoms. The smallest absolute Gasteiger partial charge is 0.305 e. The van der Waals surface area contributed by atoms with Gasteiger partial charge in [-0.15, -0.1) is 0 Å². The third-order valence-corrected chi connectivity index (χ3v) is 6.63. The van der Waals surface area contributed by atoms with Gasteiger partial charge in [0, 0.05) is 45.6 Å². The zero-order valence-electron chi connectivity index (χ0n) is 19.3. The van der Waals surface area contributed by atoms with Crippen LogP contribution in [-0.4, -0.2) is 72.8 Å². The van der Waals surface area contributed by atoms with Gasteiger partial charge in [0.05, 0.1) is 31.6 Å². The molecule has 9 heteroatoms. The lowest BCUT2D eigenvalue weighted by atomic mass is 9.83. The third-order valence-electron chi connectivity index (χ3n) is 6.63. The Balaban J connectivity index is 1.30. The van der Waals surface area contributed by atoms with Crippen LogP contribution in [0.2, 0.25) is 0 Å². The van der Waals surface area contributed by atoms with E-state index in [4.69, 9.17) is 14.6 Å². The monoisotopic (exact) mass is 461 g/mol. The van der Waals surface area contributed by atoms with E-state index in [0.717, 1.165) is 31.2 Å². The van der Waals surface area contributed by atoms with Crippen molar-refractivity contribution in [1.29, 1.82) is 0 Å². The molecule has 2 atom stereocenters. The van der Waals surface area contributed by atoms with E-state index >= 15 is 0 Å². The minimum absolute atomic E-state index is 0.0388. The standard InChI is InChI=1S/C24H35N3O6/c1-27-21(28)13-20(23(27)19-3-2-9-25-14-19)24(31)26-10-12-33-16-18-6-4-17(5-7-18)15-32-11-8-22(29)30/h2-3,9,14,17-18,20,23H,4-8,10-13,15-16H2,1H3,(H,26,31)(H,29,30)/t17-,18-,20-,23+/m0/s1. The van der Waals surface area contributed by atoms with Crippen molar-refractivity contribution in [3.05, 3.63) is 30.1 Å². The summed E-state index contributed by atoms with van der Waals surface area (Å²) in [5, 5.41) is 11.6. The molecule has 0 aromatic carbocycles. The van der Waals surface area contributed by atoms with Crippen LogP contribution in [0, 0.1) is 17.8 Å². The second-order valence-electron chi connectivity index (χ2n) is 9.02. The molecule has 0 radical (unpaired) electrons. The molecule has 2 heterocycles. The first-order valence-corrected chi connectivity index (χ1v) is 11.8. The Kier molecular flexibility index (Phi) is 9.62. The Morgan fingerprint density at radius 1 is 1.15 bits per heavy atom. The van der Waals surface area contributed by atoms with Crippen LogP contribution in [0.15, 0.2) is 24.5 Å². The maximum atomic E-state index is 12.8. The Morgan fingerprint density at radius 3 is 2.42 bits per heavy atom. The summed E-state index contributed by atoms with van der Waals surface area (Å²) >= 11 is 0. The first kappa shape index (κ1) is 25.1. The number of amides is 2. The largest absolute Gasteiger partial charge is 0.481 e. The zero-order chi connectivity index (χ0) is 23.6. The van der Waals surface area contributed by atoms with E-state index in [2.05, 4.69) is 10.3 Å². The van der Waals surface area contributed by atoms with Gasteiger partial charge in [-0.1, -0.05) is 6.07 Å². The van der Waals surface area contributed by atoms with E-state index in [0.29, 0.717) is 38.2 Å². The van der Waals surface area contributed by atoms with Gasteiger partial charge >= 0.3 is 5.97 Å². The Labute approximate surface area is 194 Å². The highest BCUT2D eigenvalue weighted by Gasteiger charge is 2.42. The van der Waals surface area contributed by atoms with Crippen LogP contribution < -0.4 is 5.32 Å². The molecule has 2 amide bonds. The van der Waals surface area contributed by atoms with Gasteiger partial charge < -0.3 is 24.8 Å². The molecule has 182 valence electrons. The summed E-state index contributed by atoms with van der Waals surface area (Å²) < 4.78 is 11.3. The molecule has 9 nitrogen and oxygen atoms in total. The first-order chi connectivity index (χ1) is 16.0. The maximum absolute atomic E-state index is 12.8. The summed E-state index contributed by atoms with van der Waals surface area (Å²) in [6, 6.07) is 3.41. The Hall–Kier alpha value is -2.52. The zero-order valence-corrected chi connectivity index (χ0v) is 19.3. The minimum atomic E-state index is -0.829. The predicted molar refractivity (Wildman–Crippen MR) is 120 cm³/mol. The molecule has 2 N–H and O–H groups in total. The van der Waals surface area contributed by atoms with Crippen molar-refractivity contribution in [3.63, 3.8) is 0 Å². The number of nitrogens with one attached hydrogen (secondary N) is 1. The molecule has 33 heavy (non-hydrogen) atoms. The van der Waals surface area contributed by atoms with Crippen molar-refractivity contribution in [2.75, 3.05) is 40.0 Å². The number of carboxylic acid groups (broad SMARTS) is 1. The van der Waals surface area contributed by atoms with E-state index in [9.17, 15) is 14.4 Å². The van der Waals surface area contributed by atoms with E-state index in [1.165, 1.54) is 0 Å². The number of rotatable bonds is 12. The number of hydrogen-bond donors (Lipinski definition) is 2. The lowest BCUT2D eigenvalue weighted by Crippen LogP contribution is -2.36. The molecule has 1 aliphatic carbocycles. The summed E-state index contributed by atoms with van der Waals surface area (Å²) in [6.07, 6.45) is 7.91. The summed E-state index contributed by atoms with van der Waals surface area (Å²) in [5.41, 5.74) is 0.866. The topological polar surface area (TPSA) is 118 Å². The van der Waals surface area contributed by atoms with Gasteiger partial charge in [-0.2, -0.15) is 0 Å². The fourth-order valence-corrected chi connectivity index (χ4v) is 4.71. The van der Waals surface area contributed by atoms with Crippen molar-refractivity contribution in [1.82, 2.24) is 15.2 Å². The van der Waals surface area contributed by atoms with Crippen LogP contribution in [-0.2, 0) is 23.9 Å². The highest BCUT2D eigenvalue weighted by molar-refractivity contribution is 5.90. The molecule has 1 aromatic heterocycles. The van der Waals surface area contributed by atoms with Crippen LogP contribution in [0.4, 0.5) is 0 Å². The number of carboxylic acids is 1. The van der Waals surface area contributed by atoms with E-state index < -0.39 is 11.9 Å². The van der Waals surface area contributed by atoms with Gasteiger partial charge in [-0.3, -0.25) is 19.4 Å². The normalized spacial score (nSPS) is 25.2. The van der Waals surface area contributed by atoms with Crippen LogP contribution in [0.3, 0.4) is 0 Å². The number of ether oxygens (including phenoxy) is 2. The number of aromatic nitrogens is 1. The molecule has 2 fully saturated rings. The van der Waals surface area contributed by atoms with Crippen LogP contribution in [0.5, 0.6) is 0 Å². The average molecular weight is 462 g/mol. The molecule has 0 unspecified atom stereocenters. The molecule has 1 saturated heterocycles. The molecule has 1 aromatic rings. The van der Waals surface area contributed by atoms with Gasteiger partial charge in [-0.05, 0) is 49.1 Å². The van der Waals surface area contributed by atoms with Crippen LogP contribution in [0.1, 0.15) is 50.1 Å². The van der Waals surface area contributed by atoms with Gasteiger partial charge in [0.1, 0.15) is 0 Å². The number of aliphatic carboxylic acids is 1. The molecule has 3 rings (SSSR count). The summed E-state index contributed by atoms with van der Waals surface area (Å²) in [6.45, 7) is 2.44. The van der Waals surface area contributed by atoms with Crippen molar-refractivity contribution >= 4 is 17.8 Å². The highest BCUT2D eigenvalue weighted by Crippen LogP contribution is 2.36. The minimum Gasteiger partial charge on any atom is -0.481 e. The van der Waals surface area contributed by atoms with Crippen molar-refractivity contribution in [3.8, 4) is 0 Å². The number of nitrogens with zero attached hydrogens (tertiary/aromatic N) is 2. The summed E-state index contributed by atoms with van der Waals surface area (Å²) in [5.74, 6) is -0.429. The van der Waals surface area contributed by atoms with Crippen molar-refractivity contribution in [2.24, 2.45) is 17.8 Å². The van der Waals surface area contributed by atoms with Crippen LogP contribution >= 0.6 is 0 Å². The second-order valence-corrected chi connectivity index (χ2v) is 9.02. The predicted octanol–water partition coefficient (Wildman–Crippen LogP) is 2.03. The first-order valence-electron chi connectivity index (χ1n) is 11.8. The second kappa shape index (κ2) is 12.6. The summed E-state index contributed by atoms with van der Waals surface area (Å²) in [4.78, 5) is 41.2. The van der Waals surface area contributed by atoms with Gasteiger partial charge in [0.2, 0.25) is 11.8 Å². The highest BCUT2D eigenvalue weighted by atomic mass is 16.5. The molecule has 1 saturated carbocycles. The van der Waals surface area contributed by atoms with E-state index in [-0.39, 0.29) is 37.3 Å². The van der Waals surface area contributed by atoms with E-state index in [1.54, 1.807) is 24.3 Å². The SMILES string of the molecule is CN1C(=O)C[C@H](C(=O)NCCOC[C@H]2CC[C@H](COCCC(=O)O)CC2)[C@H]1c1cccnc1. The maximum Gasteiger partial charge on any atom is 0.305 e. The third kappa shape index (κ3) is 7.50. The number of hydrogen-bond acceptors (Lipinski definition) is 6. The number of likely N-dealkylation sites (tertiary alicyclic amines) is 1. The Morgan fingerprint density at radius 2 is 1.82 bits per heavy atom. The van der Waals surface area contributed by atoms with Crippen molar-refractivity contribution < 1.29 is 29.0 Å².